The molecule has 0 atom stereocenters. The van der Waals surface area contributed by atoms with Crippen LogP contribution in [0.25, 0.3) is 0 Å². The largest absolute Gasteiger partial charge is 0.494 e. The van der Waals surface area contributed by atoms with Crippen molar-refractivity contribution >= 4 is 29.0 Å². The second-order valence-corrected chi connectivity index (χ2v) is 5.98. The number of aromatic nitrogens is 1. The van der Waals surface area contributed by atoms with Gasteiger partial charge in [-0.3, -0.25) is 14.2 Å². The van der Waals surface area contributed by atoms with Crippen LogP contribution in [0.4, 0.5) is 0 Å². The first-order valence-corrected chi connectivity index (χ1v) is 7.98. The van der Waals surface area contributed by atoms with Crippen molar-refractivity contribution in [2.45, 2.75) is 20.4 Å². The third kappa shape index (κ3) is 3.09. The van der Waals surface area contributed by atoms with E-state index in [4.69, 9.17) is 27.9 Å². The smallest absolute Gasteiger partial charge is 0.271 e. The van der Waals surface area contributed by atoms with Crippen LogP contribution in [0.3, 0.4) is 0 Å². The van der Waals surface area contributed by atoms with E-state index in [1.54, 1.807) is 13.0 Å². The number of carbonyl (C=O) groups is 1. The lowest BCUT2D eigenvalue weighted by Crippen LogP contribution is -2.26. The highest BCUT2D eigenvalue weighted by Crippen LogP contribution is 2.35. The third-order valence-corrected chi connectivity index (χ3v) is 4.37. The molecule has 0 bridgehead atoms. The average Bonchev–Trinajstić information content (AvgIpc) is 2.55. The molecule has 25 heavy (non-hydrogen) atoms. The predicted octanol–water partition coefficient (Wildman–Crippen LogP) is 3.30. The molecule has 2 aromatic rings. The minimum Gasteiger partial charge on any atom is -0.494 e. The fourth-order valence-corrected chi connectivity index (χ4v) is 3.19. The number of aromatic hydroxyl groups is 1. The molecule has 0 aliphatic carbocycles. The summed E-state index contributed by atoms with van der Waals surface area (Å²) in [4.78, 5) is 25.1. The summed E-state index contributed by atoms with van der Waals surface area (Å²) in [5, 5.41) is 19.9. The molecule has 0 radical (unpaired) electrons. The first-order chi connectivity index (χ1) is 11.8. The zero-order valence-electron chi connectivity index (χ0n) is 13.7. The molecule has 0 saturated carbocycles. The van der Waals surface area contributed by atoms with E-state index in [1.807, 2.05) is 0 Å². The van der Waals surface area contributed by atoms with Crippen molar-refractivity contribution in [3.05, 3.63) is 54.8 Å². The Bertz CT molecular complexity index is 951. The molecule has 1 aromatic carbocycles. The molecule has 8 heteroatoms. The SMILES string of the molecule is CCn1c(O)c(C(=O)c2cc(Cl)c(OC)c(Cl)c2)c(C)c(C#N)c1=O. The summed E-state index contributed by atoms with van der Waals surface area (Å²) in [5.74, 6) is -0.894. The first-order valence-electron chi connectivity index (χ1n) is 7.22. The summed E-state index contributed by atoms with van der Waals surface area (Å²) < 4.78 is 6.00. The van der Waals surface area contributed by atoms with Gasteiger partial charge in [-0.25, -0.2) is 0 Å². The number of methoxy groups -OCH3 is 1. The van der Waals surface area contributed by atoms with Crippen LogP contribution in [0.2, 0.25) is 10.0 Å². The fourth-order valence-electron chi connectivity index (χ4n) is 2.55. The van der Waals surface area contributed by atoms with E-state index < -0.39 is 17.2 Å². The standard InChI is InChI=1S/C17H14Cl2N2O4/c1-4-21-16(23)10(7-20)8(2)13(17(21)24)14(22)9-5-11(18)15(25-3)12(19)6-9/h5-6,24H,4H2,1-3H3. The lowest BCUT2D eigenvalue weighted by Gasteiger charge is -2.15. The minimum atomic E-state index is -0.651. The van der Waals surface area contributed by atoms with E-state index in [0.717, 1.165) is 4.57 Å². The molecule has 1 aromatic heterocycles. The van der Waals surface area contributed by atoms with Gasteiger partial charge in [-0.1, -0.05) is 23.2 Å². The number of ether oxygens (including phenoxy) is 1. The van der Waals surface area contributed by atoms with Gasteiger partial charge in [0.05, 0.1) is 22.7 Å². The molecule has 0 aliphatic heterocycles. The minimum absolute atomic E-state index is 0.0967. The lowest BCUT2D eigenvalue weighted by molar-refractivity contribution is 0.103. The van der Waals surface area contributed by atoms with Crippen LogP contribution in [0.15, 0.2) is 16.9 Å². The number of nitrogens with zero attached hydrogens (tertiary/aromatic N) is 2. The molecule has 0 fully saturated rings. The highest BCUT2D eigenvalue weighted by molar-refractivity contribution is 6.38. The van der Waals surface area contributed by atoms with Crippen molar-refractivity contribution in [3.63, 3.8) is 0 Å². The Balaban J connectivity index is 2.77. The molecule has 0 spiro atoms. The molecule has 0 amide bonds. The molecular formula is C17H14Cl2N2O4. The highest BCUT2D eigenvalue weighted by Gasteiger charge is 2.25. The van der Waals surface area contributed by atoms with Crippen molar-refractivity contribution in [2.75, 3.05) is 7.11 Å². The van der Waals surface area contributed by atoms with Crippen molar-refractivity contribution in [3.8, 4) is 17.7 Å². The zero-order chi connectivity index (χ0) is 18.9. The van der Waals surface area contributed by atoms with Gasteiger partial charge in [0.1, 0.15) is 11.6 Å². The Labute approximate surface area is 153 Å². The Kier molecular flexibility index (Phi) is 5.41. The van der Waals surface area contributed by atoms with Gasteiger partial charge in [-0.05, 0) is 31.5 Å². The van der Waals surface area contributed by atoms with E-state index in [1.165, 1.54) is 26.2 Å². The summed E-state index contributed by atoms with van der Waals surface area (Å²) in [6, 6.07) is 4.48. The monoisotopic (exact) mass is 380 g/mol. The molecule has 6 nitrogen and oxygen atoms in total. The molecular weight excluding hydrogens is 367 g/mol. The summed E-state index contributed by atoms with van der Waals surface area (Å²) in [7, 11) is 1.39. The number of hydrogen-bond acceptors (Lipinski definition) is 5. The number of benzene rings is 1. The van der Waals surface area contributed by atoms with Gasteiger partial charge in [0, 0.05) is 12.1 Å². The Morgan fingerprint density at radius 3 is 2.36 bits per heavy atom. The zero-order valence-corrected chi connectivity index (χ0v) is 15.2. The van der Waals surface area contributed by atoms with E-state index in [9.17, 15) is 20.0 Å². The Hall–Kier alpha value is -2.49. The second kappa shape index (κ2) is 7.18. The average molecular weight is 381 g/mol. The topological polar surface area (TPSA) is 92.3 Å². The third-order valence-electron chi connectivity index (χ3n) is 3.81. The number of hydrogen-bond donors (Lipinski definition) is 1. The van der Waals surface area contributed by atoms with Crippen molar-refractivity contribution in [1.82, 2.24) is 4.57 Å². The maximum absolute atomic E-state index is 12.9. The van der Waals surface area contributed by atoms with Crippen LogP contribution in [-0.2, 0) is 6.54 Å². The van der Waals surface area contributed by atoms with Crippen LogP contribution < -0.4 is 10.3 Å². The predicted molar refractivity (Wildman–Crippen MR) is 93.9 cm³/mol. The first kappa shape index (κ1) is 18.8. The summed E-state index contributed by atoms with van der Waals surface area (Å²) in [5.41, 5.74) is -0.798. The molecule has 130 valence electrons. The molecule has 2 rings (SSSR count). The van der Waals surface area contributed by atoms with Crippen LogP contribution in [-0.4, -0.2) is 22.6 Å². The molecule has 1 heterocycles. The van der Waals surface area contributed by atoms with Crippen molar-refractivity contribution in [1.29, 1.82) is 5.26 Å². The van der Waals surface area contributed by atoms with Crippen LogP contribution >= 0.6 is 23.2 Å². The van der Waals surface area contributed by atoms with Gasteiger partial charge < -0.3 is 9.84 Å². The van der Waals surface area contributed by atoms with E-state index in [-0.39, 0.29) is 44.6 Å². The summed E-state index contributed by atoms with van der Waals surface area (Å²) in [6.45, 7) is 3.15. The van der Waals surface area contributed by atoms with Gasteiger partial charge in [0.25, 0.3) is 5.56 Å². The number of halogens is 2. The van der Waals surface area contributed by atoms with Crippen LogP contribution in [0, 0.1) is 18.3 Å². The fraction of sp³-hybridized carbons (Fsp3) is 0.235. The maximum atomic E-state index is 12.9. The van der Waals surface area contributed by atoms with E-state index >= 15 is 0 Å². The van der Waals surface area contributed by atoms with Gasteiger partial charge in [0.2, 0.25) is 5.88 Å². The van der Waals surface area contributed by atoms with Crippen molar-refractivity contribution < 1.29 is 14.6 Å². The Morgan fingerprint density at radius 1 is 1.36 bits per heavy atom. The maximum Gasteiger partial charge on any atom is 0.271 e. The van der Waals surface area contributed by atoms with E-state index in [0.29, 0.717) is 0 Å². The molecule has 0 aliphatic rings. The van der Waals surface area contributed by atoms with Crippen LogP contribution in [0.5, 0.6) is 11.6 Å². The van der Waals surface area contributed by atoms with Gasteiger partial charge in [0.15, 0.2) is 11.5 Å². The Morgan fingerprint density at radius 2 is 1.92 bits per heavy atom. The van der Waals surface area contributed by atoms with Crippen LogP contribution in [0.1, 0.15) is 34.0 Å². The number of carbonyl (C=O) groups excluding carboxylic acids is 1. The summed E-state index contributed by atoms with van der Waals surface area (Å²) in [6.07, 6.45) is 0. The van der Waals surface area contributed by atoms with Crippen molar-refractivity contribution in [2.24, 2.45) is 0 Å². The number of ketones is 1. The van der Waals surface area contributed by atoms with Gasteiger partial charge in [-0.2, -0.15) is 5.26 Å². The van der Waals surface area contributed by atoms with E-state index in [2.05, 4.69) is 0 Å². The molecule has 0 unspecified atom stereocenters. The lowest BCUT2D eigenvalue weighted by atomic mass is 9.97. The molecule has 1 N–H and O–H groups in total. The number of rotatable bonds is 4. The quantitative estimate of drug-likeness (QED) is 0.821. The van der Waals surface area contributed by atoms with Gasteiger partial charge >= 0.3 is 0 Å². The number of pyridine rings is 1. The normalized spacial score (nSPS) is 10.4. The number of nitriles is 1. The highest BCUT2D eigenvalue weighted by atomic mass is 35.5. The second-order valence-electron chi connectivity index (χ2n) is 5.16. The molecule has 0 saturated heterocycles. The summed E-state index contributed by atoms with van der Waals surface area (Å²) >= 11 is 12.1. The van der Waals surface area contributed by atoms with Gasteiger partial charge in [-0.15, -0.1) is 0 Å².